The van der Waals surface area contributed by atoms with Crippen LogP contribution in [0.5, 0.6) is 0 Å². The Kier molecular flexibility index (Phi) is 5.33. The second-order valence-corrected chi connectivity index (χ2v) is 5.22. The number of nitrogens with zero attached hydrogens (tertiary/aromatic N) is 2. The molecule has 3 heterocycles. The van der Waals surface area contributed by atoms with Crippen LogP contribution in [0.1, 0.15) is 5.56 Å². The van der Waals surface area contributed by atoms with Crippen molar-refractivity contribution in [1.29, 1.82) is 0 Å². The van der Waals surface area contributed by atoms with E-state index < -0.39 is 11.9 Å². The molecule has 3 N–H and O–H groups in total. The highest BCUT2D eigenvalue weighted by molar-refractivity contribution is 5.89. The van der Waals surface area contributed by atoms with Gasteiger partial charge in [0.05, 0.1) is 11.9 Å². The van der Waals surface area contributed by atoms with E-state index in [4.69, 9.17) is 16.6 Å². The molecule has 1 aromatic heterocycles. The summed E-state index contributed by atoms with van der Waals surface area (Å²) >= 11 is 0. The number of anilines is 1. The van der Waals surface area contributed by atoms with E-state index in [2.05, 4.69) is 21.1 Å². The normalized spacial score (nSPS) is 21.6. The van der Waals surface area contributed by atoms with Crippen molar-refractivity contribution in [2.24, 2.45) is 5.92 Å². The third-order valence-corrected chi connectivity index (χ3v) is 3.73. The van der Waals surface area contributed by atoms with Crippen LogP contribution in [-0.2, 0) is 9.59 Å². The van der Waals surface area contributed by atoms with Crippen LogP contribution in [0.25, 0.3) is 0 Å². The first kappa shape index (κ1) is 16.5. The molecule has 120 valence electrons. The number of hydrogen-bond acceptors (Lipinski definition) is 5. The van der Waals surface area contributed by atoms with Crippen molar-refractivity contribution in [3.63, 3.8) is 0 Å². The third kappa shape index (κ3) is 4.31. The maximum atomic E-state index is 9.55. The van der Waals surface area contributed by atoms with Crippen LogP contribution in [-0.4, -0.2) is 52.8 Å². The molecule has 3 rings (SSSR count). The van der Waals surface area contributed by atoms with Gasteiger partial charge in [-0.1, -0.05) is 5.92 Å². The van der Waals surface area contributed by atoms with Crippen molar-refractivity contribution >= 4 is 17.6 Å². The molecule has 0 spiro atoms. The fraction of sp³-hybridized carbons (Fsp3) is 0.312. The predicted octanol–water partition coefficient (Wildman–Crippen LogP) is 0.183. The third-order valence-electron chi connectivity index (χ3n) is 3.73. The number of aliphatic carboxylic acids is 2. The summed E-state index contributed by atoms with van der Waals surface area (Å²) in [6.45, 7) is 3.38. The minimum atomic E-state index is -1.26. The highest BCUT2D eigenvalue weighted by atomic mass is 16.4. The van der Waals surface area contributed by atoms with Crippen molar-refractivity contribution in [2.75, 3.05) is 24.5 Å². The van der Waals surface area contributed by atoms with Gasteiger partial charge in [0.25, 0.3) is 0 Å². The number of pyridine rings is 1. The lowest BCUT2D eigenvalue weighted by molar-refractivity contribution is -0.134. The van der Waals surface area contributed by atoms with Gasteiger partial charge < -0.3 is 20.4 Å². The fourth-order valence-electron chi connectivity index (χ4n) is 2.62. The minimum absolute atomic E-state index is 0.558. The van der Waals surface area contributed by atoms with Gasteiger partial charge in [-0.15, -0.1) is 6.42 Å². The maximum absolute atomic E-state index is 9.55. The largest absolute Gasteiger partial charge is 0.478 e. The summed E-state index contributed by atoms with van der Waals surface area (Å²) in [6, 6.07) is 2.70. The van der Waals surface area contributed by atoms with Crippen LogP contribution in [0.4, 0.5) is 5.69 Å². The van der Waals surface area contributed by atoms with Crippen molar-refractivity contribution < 1.29 is 19.8 Å². The van der Waals surface area contributed by atoms with E-state index in [1.165, 1.54) is 0 Å². The molecule has 7 heteroatoms. The van der Waals surface area contributed by atoms with Gasteiger partial charge >= 0.3 is 11.9 Å². The second-order valence-electron chi connectivity index (χ2n) is 5.22. The van der Waals surface area contributed by atoms with Crippen LogP contribution < -0.4 is 10.2 Å². The smallest absolute Gasteiger partial charge is 0.328 e. The van der Waals surface area contributed by atoms with E-state index >= 15 is 0 Å². The molecule has 0 radical (unpaired) electrons. The van der Waals surface area contributed by atoms with Crippen molar-refractivity contribution in [2.45, 2.75) is 6.04 Å². The molecule has 2 saturated heterocycles. The Hall–Kier alpha value is -2.85. The van der Waals surface area contributed by atoms with E-state index in [0.29, 0.717) is 18.2 Å². The molecule has 0 saturated carbocycles. The summed E-state index contributed by atoms with van der Waals surface area (Å²) in [5, 5.41) is 19.0. The van der Waals surface area contributed by atoms with Gasteiger partial charge in [-0.2, -0.15) is 0 Å². The average molecular weight is 315 g/mol. The molecule has 0 amide bonds. The molecule has 7 nitrogen and oxygen atoms in total. The summed E-state index contributed by atoms with van der Waals surface area (Å²) in [5.74, 6) is 0.930. The first-order valence-corrected chi connectivity index (χ1v) is 7.04. The summed E-state index contributed by atoms with van der Waals surface area (Å²) in [6.07, 6.45) is 10.1. The maximum Gasteiger partial charge on any atom is 0.328 e. The van der Waals surface area contributed by atoms with Gasteiger partial charge in [0.15, 0.2) is 0 Å². The van der Waals surface area contributed by atoms with E-state index in [-0.39, 0.29) is 0 Å². The van der Waals surface area contributed by atoms with Crippen LogP contribution in [0.15, 0.2) is 30.6 Å². The van der Waals surface area contributed by atoms with Crippen LogP contribution in [0.2, 0.25) is 0 Å². The first-order chi connectivity index (χ1) is 11.0. The Balaban J connectivity index is 0.000000207. The van der Waals surface area contributed by atoms with Gasteiger partial charge in [0.1, 0.15) is 0 Å². The molecule has 0 aliphatic carbocycles. The highest BCUT2D eigenvalue weighted by Crippen LogP contribution is 2.32. The molecule has 1 aromatic rings. The number of carboxylic acids is 2. The summed E-state index contributed by atoms with van der Waals surface area (Å²) in [7, 11) is 0. The number of carboxylic acid groups (broad SMARTS) is 2. The van der Waals surface area contributed by atoms with E-state index in [0.717, 1.165) is 36.8 Å². The quantitative estimate of drug-likeness (QED) is 0.540. The Labute approximate surface area is 133 Å². The van der Waals surface area contributed by atoms with Gasteiger partial charge in [-0.05, 0) is 6.07 Å². The molecule has 23 heavy (non-hydrogen) atoms. The van der Waals surface area contributed by atoms with Crippen LogP contribution >= 0.6 is 0 Å². The average Bonchev–Trinajstić information content (AvgIpc) is 2.87. The van der Waals surface area contributed by atoms with E-state index in [9.17, 15) is 9.59 Å². The monoisotopic (exact) mass is 315 g/mol. The number of carbonyl (C=O) groups is 2. The molecule has 0 bridgehead atoms. The Bertz CT molecular complexity index is 650. The Morgan fingerprint density at radius 1 is 1.30 bits per heavy atom. The van der Waals surface area contributed by atoms with Gasteiger partial charge in [-0.3, -0.25) is 4.98 Å². The van der Waals surface area contributed by atoms with Gasteiger partial charge in [0, 0.05) is 55.5 Å². The summed E-state index contributed by atoms with van der Waals surface area (Å²) < 4.78 is 0. The number of fused-ring (bicyclic) bond motifs is 1. The predicted molar refractivity (Wildman–Crippen MR) is 84.1 cm³/mol. The van der Waals surface area contributed by atoms with Crippen molar-refractivity contribution in [1.82, 2.24) is 10.3 Å². The standard InChI is InChI=1S/C12H13N3.C4H4O4/c1-2-9-3-11(6-13-4-9)15-8-10-5-14-7-12(10)15;5-3(6)1-2-4(7)8/h1,3-4,6,10,12,14H,5,7-8H2;1-2H,(H,5,6)(H,7,8)/t10-,12-;/m1./s1. The summed E-state index contributed by atoms with van der Waals surface area (Å²) in [4.78, 5) is 25.7. The van der Waals surface area contributed by atoms with E-state index in [1.807, 2.05) is 12.3 Å². The van der Waals surface area contributed by atoms with Gasteiger partial charge in [-0.25, -0.2) is 9.59 Å². The first-order valence-electron chi connectivity index (χ1n) is 7.04. The zero-order valence-corrected chi connectivity index (χ0v) is 12.3. The molecule has 2 atom stereocenters. The lowest BCUT2D eigenvalue weighted by Gasteiger charge is -2.45. The zero-order valence-electron chi connectivity index (χ0n) is 12.3. The van der Waals surface area contributed by atoms with E-state index in [1.54, 1.807) is 6.20 Å². The number of aromatic nitrogens is 1. The lowest BCUT2D eigenvalue weighted by atomic mass is 9.91. The van der Waals surface area contributed by atoms with Crippen molar-refractivity contribution in [3.8, 4) is 12.3 Å². The molecule has 0 unspecified atom stereocenters. The second kappa shape index (κ2) is 7.42. The highest BCUT2D eigenvalue weighted by Gasteiger charge is 2.42. The molecular formula is C16H17N3O4. The number of rotatable bonds is 3. The molecule has 0 aromatic carbocycles. The van der Waals surface area contributed by atoms with Crippen LogP contribution in [0.3, 0.4) is 0 Å². The van der Waals surface area contributed by atoms with Gasteiger partial charge in [0.2, 0.25) is 0 Å². The molecular weight excluding hydrogens is 298 g/mol. The minimum Gasteiger partial charge on any atom is -0.478 e. The van der Waals surface area contributed by atoms with Crippen LogP contribution in [0, 0.1) is 18.3 Å². The van der Waals surface area contributed by atoms with Crippen molar-refractivity contribution in [3.05, 3.63) is 36.2 Å². The topological polar surface area (TPSA) is 103 Å². The number of terminal acetylenes is 1. The molecule has 2 aliphatic heterocycles. The fourth-order valence-corrected chi connectivity index (χ4v) is 2.62. The Morgan fingerprint density at radius 3 is 2.57 bits per heavy atom. The number of hydrogen-bond donors (Lipinski definition) is 3. The lowest BCUT2D eigenvalue weighted by Crippen LogP contribution is -2.55. The zero-order chi connectivity index (χ0) is 16.8. The Morgan fingerprint density at radius 2 is 2.00 bits per heavy atom. The summed E-state index contributed by atoms with van der Waals surface area (Å²) in [5.41, 5.74) is 2.03. The number of nitrogens with one attached hydrogen (secondary N) is 1. The molecule has 2 fully saturated rings. The SMILES string of the molecule is C#Cc1cncc(N2C[C@H]3CNC[C@H]32)c1.O=C(O)C=CC(=O)O. The molecule has 2 aliphatic rings.